The molecule has 0 aromatic carbocycles. The first kappa shape index (κ1) is 35.9. The molecule has 41 heavy (non-hydrogen) atoms. The van der Waals surface area contributed by atoms with Crippen molar-refractivity contribution >= 4 is 0 Å². The smallest absolute Gasteiger partial charge is 0.186 e. The van der Waals surface area contributed by atoms with Gasteiger partial charge in [-0.1, -0.05) is 38.3 Å². The van der Waals surface area contributed by atoms with E-state index in [-0.39, 0.29) is 12.5 Å². The molecular weight excluding hydrogens is 538 g/mol. The minimum atomic E-state index is -1.11. The molecule has 2 heterocycles. The summed E-state index contributed by atoms with van der Waals surface area (Å²) >= 11 is 0. The third-order valence-corrected chi connectivity index (χ3v) is 6.72. The Morgan fingerprint density at radius 1 is 0.780 bits per heavy atom. The van der Waals surface area contributed by atoms with E-state index in [0.29, 0.717) is 72.6 Å². The summed E-state index contributed by atoms with van der Waals surface area (Å²) in [6.07, 6.45) is 4.21. The molecule has 1 aromatic rings. The minimum Gasteiger partial charge on any atom is -0.394 e. The van der Waals surface area contributed by atoms with Crippen molar-refractivity contribution in [1.82, 2.24) is 15.0 Å². The Labute approximate surface area is 244 Å². The highest BCUT2D eigenvalue weighted by Crippen LogP contribution is 2.26. The van der Waals surface area contributed by atoms with Crippen molar-refractivity contribution in [3.05, 3.63) is 11.9 Å². The molecular formula is C28H53N3O10. The number of ether oxygens (including phenoxy) is 7. The normalized spacial score (nSPS) is 22.9. The van der Waals surface area contributed by atoms with Crippen LogP contribution in [0, 0.1) is 5.92 Å². The van der Waals surface area contributed by atoms with Gasteiger partial charge in [-0.25, -0.2) is 4.68 Å². The summed E-state index contributed by atoms with van der Waals surface area (Å²) in [5.41, 5.74) is 0.792. The molecule has 2 rings (SSSR count). The molecule has 13 nitrogen and oxygen atoms in total. The Kier molecular flexibility index (Phi) is 20.4. The van der Waals surface area contributed by atoms with Crippen LogP contribution in [0.2, 0.25) is 0 Å². The lowest BCUT2D eigenvalue weighted by atomic mass is 9.91. The van der Waals surface area contributed by atoms with E-state index in [1.807, 2.05) is 6.20 Å². The van der Waals surface area contributed by atoms with Crippen LogP contribution in [0.1, 0.15) is 58.1 Å². The van der Waals surface area contributed by atoms with Crippen LogP contribution in [0.25, 0.3) is 0 Å². The lowest BCUT2D eigenvalue weighted by molar-refractivity contribution is -0.288. The molecule has 0 saturated carbocycles. The SMILES string of the molecule is CCCOCCOCCOCCOCCn1cc(COCCCCCCCO[C@@H]2OC(CO)[C@@H](C)C(O)C2O)nn1. The second-order valence-corrected chi connectivity index (χ2v) is 10.2. The molecule has 0 amide bonds. The highest BCUT2D eigenvalue weighted by molar-refractivity contribution is 4.89. The van der Waals surface area contributed by atoms with Gasteiger partial charge in [0.25, 0.3) is 0 Å². The number of rotatable bonds is 26. The lowest BCUT2D eigenvalue weighted by Crippen LogP contribution is -2.55. The van der Waals surface area contributed by atoms with Crippen LogP contribution in [0.5, 0.6) is 0 Å². The third-order valence-electron chi connectivity index (χ3n) is 6.72. The average Bonchev–Trinajstić information content (AvgIpc) is 3.43. The van der Waals surface area contributed by atoms with E-state index >= 15 is 0 Å². The highest BCUT2D eigenvalue weighted by atomic mass is 16.7. The molecule has 13 heteroatoms. The molecule has 1 saturated heterocycles. The predicted molar refractivity (Wildman–Crippen MR) is 149 cm³/mol. The fraction of sp³-hybridized carbons (Fsp3) is 0.929. The van der Waals surface area contributed by atoms with Crippen molar-refractivity contribution in [2.75, 3.05) is 72.7 Å². The zero-order valence-corrected chi connectivity index (χ0v) is 24.9. The Morgan fingerprint density at radius 2 is 1.39 bits per heavy atom. The quantitative estimate of drug-likeness (QED) is 0.133. The van der Waals surface area contributed by atoms with Gasteiger partial charge in [0, 0.05) is 25.7 Å². The molecule has 0 spiro atoms. The number of aliphatic hydroxyl groups excluding tert-OH is 3. The number of hydrogen-bond acceptors (Lipinski definition) is 12. The van der Waals surface area contributed by atoms with Gasteiger partial charge in [-0.15, -0.1) is 5.10 Å². The molecule has 3 N–H and O–H groups in total. The average molecular weight is 592 g/mol. The van der Waals surface area contributed by atoms with Crippen molar-refractivity contribution in [1.29, 1.82) is 0 Å². The van der Waals surface area contributed by atoms with E-state index in [9.17, 15) is 15.3 Å². The molecule has 5 atom stereocenters. The summed E-state index contributed by atoms with van der Waals surface area (Å²) in [4.78, 5) is 0. The maximum atomic E-state index is 10.1. The van der Waals surface area contributed by atoms with Crippen LogP contribution >= 0.6 is 0 Å². The topological polar surface area (TPSA) is 156 Å². The van der Waals surface area contributed by atoms with Crippen LogP contribution in [-0.2, 0) is 46.3 Å². The first-order chi connectivity index (χ1) is 20.1. The first-order valence-electron chi connectivity index (χ1n) is 15.1. The van der Waals surface area contributed by atoms with E-state index in [0.717, 1.165) is 50.8 Å². The van der Waals surface area contributed by atoms with Gasteiger partial charge in [-0.2, -0.15) is 0 Å². The largest absolute Gasteiger partial charge is 0.394 e. The number of unbranched alkanes of at least 4 members (excludes halogenated alkanes) is 4. The third kappa shape index (κ3) is 15.7. The van der Waals surface area contributed by atoms with Gasteiger partial charge in [0.1, 0.15) is 11.8 Å². The van der Waals surface area contributed by atoms with Crippen LogP contribution in [-0.4, -0.2) is 128 Å². The van der Waals surface area contributed by atoms with E-state index < -0.39 is 24.6 Å². The molecule has 240 valence electrons. The highest BCUT2D eigenvalue weighted by Gasteiger charge is 2.42. The van der Waals surface area contributed by atoms with Gasteiger partial charge in [0.2, 0.25) is 0 Å². The standard InChI is InChI=1S/C28H53N3O10/c1-3-10-35-14-16-37-18-19-38-17-15-36-13-9-31-20-24(29-30-31)22-39-11-7-5-4-6-8-12-40-28-27(34)26(33)23(2)25(21-32)41-28/h20,23,25-28,32-34H,3-19,21-22H2,1-2H3/t23-,25?,26?,27?,28-/m1/s1. The summed E-state index contributed by atoms with van der Waals surface area (Å²) in [6, 6.07) is 0. The maximum Gasteiger partial charge on any atom is 0.186 e. The predicted octanol–water partition coefficient (Wildman–Crippen LogP) is 1.31. The fourth-order valence-electron chi connectivity index (χ4n) is 4.21. The summed E-state index contributed by atoms with van der Waals surface area (Å²) < 4.78 is 40.5. The van der Waals surface area contributed by atoms with Crippen LogP contribution < -0.4 is 0 Å². The number of hydrogen-bond donors (Lipinski definition) is 3. The summed E-state index contributed by atoms with van der Waals surface area (Å²) in [5.74, 6) is -0.349. The Bertz CT molecular complexity index is 742. The number of aliphatic hydroxyl groups is 3. The van der Waals surface area contributed by atoms with Gasteiger partial charge in [0.05, 0.1) is 84.4 Å². The number of aromatic nitrogens is 3. The summed E-state index contributed by atoms with van der Waals surface area (Å²) in [5, 5.41) is 37.8. The second kappa shape index (κ2) is 23.2. The zero-order chi connectivity index (χ0) is 29.5. The lowest BCUT2D eigenvalue weighted by Gasteiger charge is -2.40. The van der Waals surface area contributed by atoms with Crippen LogP contribution in [0.3, 0.4) is 0 Å². The van der Waals surface area contributed by atoms with Crippen molar-refractivity contribution in [2.45, 2.75) is 90.1 Å². The zero-order valence-electron chi connectivity index (χ0n) is 24.9. The second-order valence-electron chi connectivity index (χ2n) is 10.2. The molecule has 0 bridgehead atoms. The summed E-state index contributed by atoms with van der Waals surface area (Å²) in [6.45, 7) is 10.4. The van der Waals surface area contributed by atoms with Crippen LogP contribution in [0.4, 0.5) is 0 Å². The van der Waals surface area contributed by atoms with Crippen molar-refractivity contribution < 1.29 is 48.5 Å². The molecule has 1 fully saturated rings. The monoisotopic (exact) mass is 591 g/mol. The van der Waals surface area contributed by atoms with Gasteiger partial charge >= 0.3 is 0 Å². The molecule has 1 aliphatic rings. The Balaban J connectivity index is 1.35. The van der Waals surface area contributed by atoms with Gasteiger partial charge in [0.15, 0.2) is 6.29 Å². The Hall–Kier alpha value is -1.26. The summed E-state index contributed by atoms with van der Waals surface area (Å²) in [7, 11) is 0. The maximum absolute atomic E-state index is 10.1. The van der Waals surface area contributed by atoms with E-state index in [2.05, 4.69) is 17.2 Å². The van der Waals surface area contributed by atoms with E-state index in [1.54, 1.807) is 11.6 Å². The van der Waals surface area contributed by atoms with E-state index in [1.165, 1.54) is 0 Å². The first-order valence-corrected chi connectivity index (χ1v) is 15.1. The van der Waals surface area contributed by atoms with Gasteiger partial charge < -0.3 is 48.5 Å². The Morgan fingerprint density at radius 3 is 2.05 bits per heavy atom. The van der Waals surface area contributed by atoms with Gasteiger partial charge in [-0.3, -0.25) is 0 Å². The fourth-order valence-corrected chi connectivity index (χ4v) is 4.21. The van der Waals surface area contributed by atoms with Crippen molar-refractivity contribution in [2.24, 2.45) is 5.92 Å². The molecule has 3 unspecified atom stereocenters. The van der Waals surface area contributed by atoms with Crippen LogP contribution in [0.15, 0.2) is 6.20 Å². The molecule has 1 aromatic heterocycles. The molecule has 1 aliphatic heterocycles. The molecule has 0 radical (unpaired) electrons. The number of nitrogens with zero attached hydrogens (tertiary/aromatic N) is 3. The molecule has 0 aliphatic carbocycles. The van der Waals surface area contributed by atoms with Crippen molar-refractivity contribution in [3.63, 3.8) is 0 Å². The van der Waals surface area contributed by atoms with Gasteiger partial charge in [-0.05, 0) is 19.3 Å². The minimum absolute atomic E-state index is 0.218. The van der Waals surface area contributed by atoms with Crippen molar-refractivity contribution in [3.8, 4) is 0 Å². The van der Waals surface area contributed by atoms with E-state index in [4.69, 9.17) is 33.2 Å².